The summed E-state index contributed by atoms with van der Waals surface area (Å²) in [5.41, 5.74) is 2.43. The standard InChI is InChI=1S/C18H16N2O3/c1-22-18(21)15-7-9-16(10-8-15)20-12-11-17(19-20)23-13-14-5-3-2-4-6-14/h2-12H,13H2,1H3. The lowest BCUT2D eigenvalue weighted by Crippen LogP contribution is -2.02. The molecule has 5 heteroatoms. The average molecular weight is 308 g/mol. The van der Waals surface area contributed by atoms with Crippen LogP contribution in [0.25, 0.3) is 5.69 Å². The van der Waals surface area contributed by atoms with E-state index in [9.17, 15) is 4.79 Å². The Bertz CT molecular complexity index is 780. The SMILES string of the molecule is COC(=O)c1ccc(-n2ccc(OCc3ccccc3)n2)cc1. The van der Waals surface area contributed by atoms with Crippen molar-refractivity contribution in [1.82, 2.24) is 9.78 Å². The van der Waals surface area contributed by atoms with E-state index in [1.54, 1.807) is 35.0 Å². The molecule has 1 aromatic heterocycles. The predicted octanol–water partition coefficient (Wildman–Crippen LogP) is 3.24. The third kappa shape index (κ3) is 3.58. The van der Waals surface area contributed by atoms with E-state index >= 15 is 0 Å². The normalized spacial score (nSPS) is 10.3. The minimum Gasteiger partial charge on any atom is -0.472 e. The summed E-state index contributed by atoms with van der Waals surface area (Å²) >= 11 is 0. The first-order valence-electron chi connectivity index (χ1n) is 7.17. The van der Waals surface area contributed by atoms with Crippen LogP contribution in [-0.2, 0) is 11.3 Å². The molecule has 0 saturated carbocycles. The summed E-state index contributed by atoms with van der Waals surface area (Å²) in [6.45, 7) is 0.471. The smallest absolute Gasteiger partial charge is 0.337 e. The lowest BCUT2D eigenvalue weighted by Gasteiger charge is -2.04. The molecule has 0 aliphatic carbocycles. The maximum Gasteiger partial charge on any atom is 0.337 e. The second-order valence-electron chi connectivity index (χ2n) is 4.91. The van der Waals surface area contributed by atoms with Gasteiger partial charge < -0.3 is 9.47 Å². The first kappa shape index (κ1) is 14.8. The van der Waals surface area contributed by atoms with Gasteiger partial charge in [0.25, 0.3) is 0 Å². The Morgan fingerprint density at radius 1 is 1.04 bits per heavy atom. The second kappa shape index (κ2) is 6.79. The number of aromatic nitrogens is 2. The van der Waals surface area contributed by atoms with Crippen molar-refractivity contribution in [2.75, 3.05) is 7.11 Å². The number of benzene rings is 2. The van der Waals surface area contributed by atoms with Crippen molar-refractivity contribution in [2.24, 2.45) is 0 Å². The van der Waals surface area contributed by atoms with Gasteiger partial charge in [-0.3, -0.25) is 0 Å². The maximum absolute atomic E-state index is 11.4. The third-order valence-corrected chi connectivity index (χ3v) is 3.35. The average Bonchev–Trinajstić information content (AvgIpc) is 3.09. The van der Waals surface area contributed by atoms with Gasteiger partial charge in [-0.15, -0.1) is 5.10 Å². The van der Waals surface area contributed by atoms with Crippen molar-refractivity contribution >= 4 is 5.97 Å². The van der Waals surface area contributed by atoms with E-state index in [4.69, 9.17) is 4.74 Å². The quantitative estimate of drug-likeness (QED) is 0.679. The van der Waals surface area contributed by atoms with E-state index < -0.39 is 0 Å². The molecule has 0 radical (unpaired) electrons. The minimum absolute atomic E-state index is 0.358. The molecule has 0 unspecified atom stereocenters. The van der Waals surface area contributed by atoms with Gasteiger partial charge in [0.15, 0.2) is 0 Å². The van der Waals surface area contributed by atoms with Crippen molar-refractivity contribution in [3.63, 3.8) is 0 Å². The number of hydrogen-bond acceptors (Lipinski definition) is 4. The van der Waals surface area contributed by atoms with Crippen molar-refractivity contribution in [1.29, 1.82) is 0 Å². The van der Waals surface area contributed by atoms with Gasteiger partial charge in [0, 0.05) is 12.3 Å². The van der Waals surface area contributed by atoms with Crippen molar-refractivity contribution in [3.8, 4) is 11.6 Å². The fourth-order valence-electron chi connectivity index (χ4n) is 2.13. The van der Waals surface area contributed by atoms with Gasteiger partial charge in [0.1, 0.15) is 6.61 Å². The van der Waals surface area contributed by atoms with Crippen LogP contribution in [0.1, 0.15) is 15.9 Å². The number of carbonyl (C=O) groups excluding carboxylic acids is 1. The minimum atomic E-state index is -0.358. The molecule has 0 aliphatic heterocycles. The lowest BCUT2D eigenvalue weighted by molar-refractivity contribution is 0.0600. The number of carbonyl (C=O) groups is 1. The van der Waals surface area contributed by atoms with Gasteiger partial charge >= 0.3 is 5.97 Å². The van der Waals surface area contributed by atoms with Gasteiger partial charge in [0.2, 0.25) is 5.88 Å². The molecule has 0 amide bonds. The number of methoxy groups -OCH3 is 1. The Hall–Kier alpha value is -3.08. The highest BCUT2D eigenvalue weighted by Crippen LogP contribution is 2.14. The summed E-state index contributed by atoms with van der Waals surface area (Å²) in [5.74, 6) is 0.190. The monoisotopic (exact) mass is 308 g/mol. The molecule has 0 bridgehead atoms. The van der Waals surface area contributed by atoms with Crippen LogP contribution in [0, 0.1) is 0 Å². The Labute approximate surface area is 134 Å². The maximum atomic E-state index is 11.4. The highest BCUT2D eigenvalue weighted by atomic mass is 16.5. The summed E-state index contributed by atoms with van der Waals surface area (Å²) in [4.78, 5) is 11.4. The molecule has 3 rings (SSSR count). The van der Waals surface area contributed by atoms with E-state index in [0.717, 1.165) is 11.3 Å². The zero-order valence-electron chi connectivity index (χ0n) is 12.7. The molecule has 0 spiro atoms. The summed E-state index contributed by atoms with van der Waals surface area (Å²) in [6, 6.07) is 18.7. The van der Waals surface area contributed by atoms with Gasteiger partial charge in [-0.1, -0.05) is 30.3 Å². The van der Waals surface area contributed by atoms with Gasteiger partial charge in [-0.2, -0.15) is 0 Å². The summed E-state index contributed by atoms with van der Waals surface area (Å²) in [6.07, 6.45) is 1.81. The molecule has 1 heterocycles. The second-order valence-corrected chi connectivity index (χ2v) is 4.91. The molecule has 2 aromatic carbocycles. The summed E-state index contributed by atoms with van der Waals surface area (Å²) in [7, 11) is 1.36. The molecule has 0 aliphatic rings. The highest BCUT2D eigenvalue weighted by molar-refractivity contribution is 5.89. The van der Waals surface area contributed by atoms with Gasteiger partial charge in [-0.25, -0.2) is 9.48 Å². The Kier molecular flexibility index (Phi) is 4.38. The Morgan fingerprint density at radius 2 is 1.78 bits per heavy atom. The molecule has 5 nitrogen and oxygen atoms in total. The number of ether oxygens (including phenoxy) is 2. The molecular formula is C18H16N2O3. The fraction of sp³-hybridized carbons (Fsp3) is 0.111. The van der Waals surface area contributed by atoms with E-state index in [2.05, 4.69) is 9.84 Å². The largest absolute Gasteiger partial charge is 0.472 e. The Morgan fingerprint density at radius 3 is 2.48 bits per heavy atom. The van der Waals surface area contributed by atoms with Crippen molar-refractivity contribution in [3.05, 3.63) is 78.0 Å². The molecular weight excluding hydrogens is 292 g/mol. The molecule has 0 N–H and O–H groups in total. The van der Waals surface area contributed by atoms with Crippen LogP contribution >= 0.6 is 0 Å². The van der Waals surface area contributed by atoms with Crippen LogP contribution < -0.4 is 4.74 Å². The first-order chi connectivity index (χ1) is 11.3. The third-order valence-electron chi connectivity index (χ3n) is 3.35. The topological polar surface area (TPSA) is 53.4 Å². The van der Waals surface area contributed by atoms with Crippen LogP contribution in [-0.4, -0.2) is 22.9 Å². The van der Waals surface area contributed by atoms with Crippen LogP contribution in [0.5, 0.6) is 5.88 Å². The van der Waals surface area contributed by atoms with E-state index in [1.807, 2.05) is 36.5 Å². The number of rotatable bonds is 5. The zero-order chi connectivity index (χ0) is 16.1. The number of hydrogen-bond donors (Lipinski definition) is 0. The fourth-order valence-corrected chi connectivity index (χ4v) is 2.13. The number of nitrogens with zero attached hydrogens (tertiary/aromatic N) is 2. The van der Waals surface area contributed by atoms with Gasteiger partial charge in [0.05, 0.1) is 18.4 Å². The molecule has 0 saturated heterocycles. The van der Waals surface area contributed by atoms with Crippen molar-refractivity contribution < 1.29 is 14.3 Å². The van der Waals surface area contributed by atoms with Crippen LogP contribution in [0.3, 0.4) is 0 Å². The van der Waals surface area contributed by atoms with E-state index in [1.165, 1.54) is 7.11 Å². The molecule has 3 aromatic rings. The first-order valence-corrected chi connectivity index (χ1v) is 7.17. The number of esters is 1. The zero-order valence-corrected chi connectivity index (χ0v) is 12.7. The molecule has 23 heavy (non-hydrogen) atoms. The summed E-state index contributed by atoms with van der Waals surface area (Å²) < 4.78 is 12.0. The van der Waals surface area contributed by atoms with Crippen LogP contribution in [0.2, 0.25) is 0 Å². The summed E-state index contributed by atoms with van der Waals surface area (Å²) in [5, 5.41) is 4.37. The van der Waals surface area contributed by atoms with Crippen LogP contribution in [0.15, 0.2) is 66.9 Å². The Balaban J connectivity index is 1.68. The van der Waals surface area contributed by atoms with E-state index in [0.29, 0.717) is 18.1 Å². The molecule has 116 valence electrons. The van der Waals surface area contributed by atoms with E-state index in [-0.39, 0.29) is 5.97 Å². The molecule has 0 fully saturated rings. The highest BCUT2D eigenvalue weighted by Gasteiger charge is 2.06. The lowest BCUT2D eigenvalue weighted by atomic mass is 10.2. The van der Waals surface area contributed by atoms with Crippen molar-refractivity contribution in [2.45, 2.75) is 6.61 Å². The van der Waals surface area contributed by atoms with Gasteiger partial charge in [-0.05, 0) is 29.8 Å². The predicted molar refractivity (Wildman–Crippen MR) is 85.7 cm³/mol. The van der Waals surface area contributed by atoms with Crippen LogP contribution in [0.4, 0.5) is 0 Å². The molecule has 0 atom stereocenters.